The van der Waals surface area contributed by atoms with Gasteiger partial charge in [-0.05, 0) is 43.4 Å². The van der Waals surface area contributed by atoms with Gasteiger partial charge in [0.15, 0.2) is 0 Å². The van der Waals surface area contributed by atoms with E-state index in [-0.39, 0.29) is 23.7 Å². The topological polar surface area (TPSA) is 61.2 Å². The molecule has 1 aliphatic heterocycles. The standard InChI is InChI=1S/C17H18N2O2/c1-3-11-6-13-14(7-11)17(21)19(16(13)20)15-8-12(9-18)5-4-10(15)2/h4-5,8,11,13-14H,3,6-7H2,1-2H3. The Morgan fingerprint density at radius 2 is 1.86 bits per heavy atom. The maximum atomic E-state index is 12.6. The Morgan fingerprint density at radius 1 is 1.24 bits per heavy atom. The number of imide groups is 1. The van der Waals surface area contributed by atoms with Crippen molar-refractivity contribution < 1.29 is 9.59 Å². The van der Waals surface area contributed by atoms with Gasteiger partial charge in [-0.3, -0.25) is 9.59 Å². The lowest BCUT2D eigenvalue weighted by atomic mass is 10.00. The number of nitrogens with zero attached hydrogens (tertiary/aromatic N) is 2. The summed E-state index contributed by atoms with van der Waals surface area (Å²) < 4.78 is 0. The van der Waals surface area contributed by atoms with Gasteiger partial charge in [-0.25, -0.2) is 4.90 Å². The van der Waals surface area contributed by atoms with E-state index in [0.717, 1.165) is 24.8 Å². The number of hydrogen-bond acceptors (Lipinski definition) is 3. The molecule has 4 nitrogen and oxygen atoms in total. The largest absolute Gasteiger partial charge is 0.274 e. The molecular formula is C17H18N2O2. The quantitative estimate of drug-likeness (QED) is 0.784. The van der Waals surface area contributed by atoms with E-state index in [4.69, 9.17) is 5.26 Å². The van der Waals surface area contributed by atoms with Gasteiger partial charge in [0.05, 0.1) is 29.2 Å². The van der Waals surface area contributed by atoms with E-state index in [1.54, 1.807) is 18.2 Å². The Bertz CT molecular complexity index is 635. The number of amides is 2. The summed E-state index contributed by atoms with van der Waals surface area (Å²) in [6.45, 7) is 3.97. The Hall–Kier alpha value is -2.15. The molecule has 2 fully saturated rings. The Labute approximate surface area is 124 Å². The van der Waals surface area contributed by atoms with E-state index in [0.29, 0.717) is 17.2 Å². The van der Waals surface area contributed by atoms with Crippen molar-refractivity contribution in [2.75, 3.05) is 4.90 Å². The van der Waals surface area contributed by atoms with Crippen LogP contribution in [0.15, 0.2) is 18.2 Å². The molecule has 1 saturated heterocycles. The van der Waals surface area contributed by atoms with Crippen LogP contribution in [0.3, 0.4) is 0 Å². The lowest BCUT2D eigenvalue weighted by Gasteiger charge is -2.19. The number of aryl methyl sites for hydroxylation is 1. The summed E-state index contributed by atoms with van der Waals surface area (Å²) in [6, 6.07) is 7.20. The number of rotatable bonds is 2. The summed E-state index contributed by atoms with van der Waals surface area (Å²) in [5.74, 6) is 0.0000491. The summed E-state index contributed by atoms with van der Waals surface area (Å²) in [4.78, 5) is 26.6. The van der Waals surface area contributed by atoms with Crippen molar-refractivity contribution in [1.29, 1.82) is 5.26 Å². The molecule has 3 rings (SSSR count). The summed E-state index contributed by atoms with van der Waals surface area (Å²) in [5, 5.41) is 9.02. The molecule has 2 unspecified atom stereocenters. The molecule has 0 spiro atoms. The minimum absolute atomic E-state index is 0.0841. The normalized spacial score (nSPS) is 27.9. The SMILES string of the molecule is CCC1CC2C(=O)N(c3cc(C#N)ccc3C)C(=O)C2C1. The highest BCUT2D eigenvalue weighted by molar-refractivity contribution is 6.22. The van der Waals surface area contributed by atoms with Crippen LogP contribution in [0.2, 0.25) is 0 Å². The van der Waals surface area contributed by atoms with E-state index in [2.05, 4.69) is 13.0 Å². The summed E-state index contributed by atoms with van der Waals surface area (Å²) in [6.07, 6.45) is 2.66. The molecule has 0 radical (unpaired) electrons. The summed E-state index contributed by atoms with van der Waals surface area (Å²) in [7, 11) is 0. The van der Waals surface area contributed by atoms with Gasteiger partial charge in [-0.1, -0.05) is 19.4 Å². The monoisotopic (exact) mass is 282 g/mol. The number of anilines is 1. The molecule has 0 bridgehead atoms. The first kappa shape index (κ1) is 13.8. The highest BCUT2D eigenvalue weighted by Crippen LogP contribution is 2.46. The van der Waals surface area contributed by atoms with Crippen molar-refractivity contribution >= 4 is 17.5 Å². The number of carbonyl (C=O) groups excluding carboxylic acids is 2. The first-order chi connectivity index (χ1) is 10.1. The summed E-state index contributed by atoms with van der Waals surface area (Å²) in [5.41, 5.74) is 1.90. The molecule has 4 heteroatoms. The second kappa shape index (κ2) is 5.00. The second-order valence-corrected chi connectivity index (χ2v) is 6.08. The van der Waals surface area contributed by atoms with Crippen LogP contribution in [0.25, 0.3) is 0 Å². The van der Waals surface area contributed by atoms with Gasteiger partial charge in [0.25, 0.3) is 0 Å². The molecule has 1 aromatic carbocycles. The molecule has 21 heavy (non-hydrogen) atoms. The van der Waals surface area contributed by atoms with Crippen LogP contribution in [-0.4, -0.2) is 11.8 Å². The third-order valence-electron chi connectivity index (χ3n) is 4.89. The molecule has 108 valence electrons. The van der Waals surface area contributed by atoms with Gasteiger partial charge in [-0.15, -0.1) is 0 Å². The molecule has 1 heterocycles. The first-order valence-electron chi connectivity index (χ1n) is 7.45. The fourth-order valence-electron chi connectivity index (χ4n) is 3.62. The number of fused-ring (bicyclic) bond motifs is 1. The zero-order valence-electron chi connectivity index (χ0n) is 12.3. The molecule has 0 N–H and O–H groups in total. The third kappa shape index (κ3) is 2.04. The van der Waals surface area contributed by atoms with Gasteiger partial charge < -0.3 is 0 Å². The van der Waals surface area contributed by atoms with Crippen LogP contribution < -0.4 is 4.90 Å². The predicted octanol–water partition coefficient (Wildman–Crippen LogP) is 2.79. The van der Waals surface area contributed by atoms with Crippen molar-refractivity contribution in [2.45, 2.75) is 33.1 Å². The Morgan fingerprint density at radius 3 is 2.38 bits per heavy atom. The van der Waals surface area contributed by atoms with Gasteiger partial charge in [0.1, 0.15) is 0 Å². The van der Waals surface area contributed by atoms with Gasteiger partial charge >= 0.3 is 0 Å². The number of benzene rings is 1. The van der Waals surface area contributed by atoms with E-state index in [9.17, 15) is 9.59 Å². The minimum Gasteiger partial charge on any atom is -0.274 e. The number of nitriles is 1. The molecule has 1 aromatic rings. The zero-order valence-corrected chi connectivity index (χ0v) is 12.3. The highest BCUT2D eigenvalue weighted by Gasteiger charge is 2.52. The van der Waals surface area contributed by atoms with Crippen LogP contribution in [0.4, 0.5) is 5.69 Å². The third-order valence-corrected chi connectivity index (χ3v) is 4.89. The summed E-state index contributed by atoms with van der Waals surface area (Å²) >= 11 is 0. The van der Waals surface area contributed by atoms with Gasteiger partial charge in [0.2, 0.25) is 11.8 Å². The average Bonchev–Trinajstić information content (AvgIpc) is 3.01. The Kier molecular flexibility index (Phi) is 3.29. The maximum absolute atomic E-state index is 12.6. The van der Waals surface area contributed by atoms with E-state index in [1.807, 2.05) is 6.92 Å². The predicted molar refractivity (Wildman–Crippen MR) is 78.4 cm³/mol. The number of hydrogen-bond donors (Lipinski definition) is 0. The highest BCUT2D eigenvalue weighted by atomic mass is 16.2. The molecule has 2 aliphatic rings. The van der Waals surface area contributed by atoms with Crippen LogP contribution >= 0.6 is 0 Å². The molecule has 2 atom stereocenters. The molecule has 1 aliphatic carbocycles. The minimum atomic E-state index is -0.160. The molecule has 1 saturated carbocycles. The molecular weight excluding hydrogens is 264 g/mol. The molecule has 2 amide bonds. The second-order valence-electron chi connectivity index (χ2n) is 6.08. The van der Waals surface area contributed by atoms with Crippen LogP contribution in [0.1, 0.15) is 37.3 Å². The van der Waals surface area contributed by atoms with Crippen LogP contribution in [0, 0.1) is 36.0 Å². The van der Waals surface area contributed by atoms with E-state index < -0.39 is 0 Å². The number of carbonyl (C=O) groups is 2. The fourth-order valence-corrected chi connectivity index (χ4v) is 3.62. The zero-order chi connectivity index (χ0) is 15.1. The van der Waals surface area contributed by atoms with Crippen LogP contribution in [-0.2, 0) is 9.59 Å². The van der Waals surface area contributed by atoms with Crippen molar-refractivity contribution in [3.8, 4) is 6.07 Å². The Balaban J connectivity index is 1.97. The lowest BCUT2D eigenvalue weighted by Crippen LogP contribution is -2.32. The van der Waals surface area contributed by atoms with Crippen molar-refractivity contribution in [1.82, 2.24) is 0 Å². The molecule has 0 aromatic heterocycles. The van der Waals surface area contributed by atoms with Crippen LogP contribution in [0.5, 0.6) is 0 Å². The fraction of sp³-hybridized carbons (Fsp3) is 0.471. The van der Waals surface area contributed by atoms with E-state index in [1.165, 1.54) is 4.90 Å². The lowest BCUT2D eigenvalue weighted by molar-refractivity contribution is -0.123. The van der Waals surface area contributed by atoms with Crippen molar-refractivity contribution in [2.24, 2.45) is 17.8 Å². The van der Waals surface area contributed by atoms with Crippen molar-refractivity contribution in [3.63, 3.8) is 0 Å². The van der Waals surface area contributed by atoms with Crippen molar-refractivity contribution in [3.05, 3.63) is 29.3 Å². The maximum Gasteiger partial charge on any atom is 0.237 e. The van der Waals surface area contributed by atoms with Gasteiger partial charge in [-0.2, -0.15) is 5.26 Å². The van der Waals surface area contributed by atoms with E-state index >= 15 is 0 Å². The first-order valence-corrected chi connectivity index (χ1v) is 7.45. The average molecular weight is 282 g/mol. The van der Waals surface area contributed by atoms with Gasteiger partial charge in [0, 0.05) is 0 Å². The smallest absolute Gasteiger partial charge is 0.237 e.